The van der Waals surface area contributed by atoms with Gasteiger partial charge in [0, 0.05) is 12.7 Å². The van der Waals surface area contributed by atoms with E-state index < -0.39 is 0 Å². The molecule has 0 amide bonds. The molecule has 1 N–H and O–H groups in total. The monoisotopic (exact) mass is 146 g/mol. The van der Waals surface area contributed by atoms with Crippen LogP contribution >= 0.6 is 0 Å². The van der Waals surface area contributed by atoms with Crippen molar-refractivity contribution in [1.82, 2.24) is 0 Å². The number of hydrogen-bond acceptors (Lipinski definition) is 2. The third-order valence-corrected chi connectivity index (χ3v) is 1.16. The van der Waals surface area contributed by atoms with Crippen LogP contribution in [0.1, 0.15) is 33.6 Å². The lowest BCUT2D eigenvalue weighted by Gasteiger charge is -1.94. The molecule has 0 aliphatic carbocycles. The van der Waals surface area contributed by atoms with Crippen LogP contribution in [0.15, 0.2) is 0 Å². The maximum atomic E-state index is 8.06. The molecule has 0 radical (unpaired) electrons. The smallest absolute Gasteiger partial charge is 0.0547 e. The molecule has 0 spiro atoms. The van der Waals surface area contributed by atoms with Gasteiger partial charge in [0.2, 0.25) is 0 Å². The second-order valence-electron chi connectivity index (χ2n) is 2.92. The normalized spacial score (nSPS) is 24.3. The summed E-state index contributed by atoms with van der Waals surface area (Å²) in [6, 6.07) is 0. The molecule has 1 aliphatic rings. The molecule has 1 unspecified atom stereocenters. The quantitative estimate of drug-likeness (QED) is 0.562. The van der Waals surface area contributed by atoms with Crippen LogP contribution in [0.3, 0.4) is 0 Å². The maximum Gasteiger partial charge on any atom is 0.0547 e. The molecule has 1 heterocycles. The number of rotatable bonds is 0. The average molecular weight is 146 g/mol. The van der Waals surface area contributed by atoms with Gasteiger partial charge in [0.05, 0.1) is 6.10 Å². The van der Waals surface area contributed by atoms with Crippen molar-refractivity contribution in [2.45, 2.75) is 45.8 Å². The lowest BCUT2D eigenvalue weighted by molar-refractivity contribution is 0.125. The summed E-state index contributed by atoms with van der Waals surface area (Å²) in [5, 5.41) is 8.06. The fourth-order valence-electron chi connectivity index (χ4n) is 0.739. The van der Waals surface area contributed by atoms with E-state index in [0.29, 0.717) is 6.10 Å². The summed E-state index contributed by atoms with van der Waals surface area (Å²) in [5.41, 5.74) is 0. The van der Waals surface area contributed by atoms with E-state index in [1.54, 1.807) is 13.8 Å². The van der Waals surface area contributed by atoms with Gasteiger partial charge in [0.25, 0.3) is 0 Å². The largest absolute Gasteiger partial charge is 0.394 e. The van der Waals surface area contributed by atoms with E-state index in [2.05, 4.69) is 6.92 Å². The van der Waals surface area contributed by atoms with Crippen LogP contribution < -0.4 is 0 Å². The minimum absolute atomic E-state index is 0.167. The molecule has 1 atom stereocenters. The predicted octanol–water partition coefficient (Wildman–Crippen LogP) is 1.57. The van der Waals surface area contributed by atoms with Crippen molar-refractivity contribution in [2.24, 2.45) is 0 Å². The minimum atomic E-state index is -0.167. The van der Waals surface area contributed by atoms with Gasteiger partial charge in [-0.15, -0.1) is 0 Å². The van der Waals surface area contributed by atoms with Crippen LogP contribution in [0.25, 0.3) is 0 Å². The van der Waals surface area contributed by atoms with Crippen molar-refractivity contribution in [2.75, 3.05) is 6.61 Å². The molecule has 0 aromatic rings. The van der Waals surface area contributed by atoms with Crippen LogP contribution in [0, 0.1) is 0 Å². The fourth-order valence-corrected chi connectivity index (χ4v) is 0.739. The van der Waals surface area contributed by atoms with Gasteiger partial charge >= 0.3 is 0 Å². The van der Waals surface area contributed by atoms with E-state index >= 15 is 0 Å². The predicted molar refractivity (Wildman–Crippen MR) is 42.0 cm³/mol. The summed E-state index contributed by atoms with van der Waals surface area (Å²) in [5.74, 6) is 0. The Kier molecular flexibility index (Phi) is 5.64. The molecular formula is C8H18O2. The third kappa shape index (κ3) is 7.92. The molecule has 0 aromatic heterocycles. The summed E-state index contributed by atoms with van der Waals surface area (Å²) in [7, 11) is 0. The van der Waals surface area contributed by atoms with Crippen molar-refractivity contribution >= 4 is 0 Å². The van der Waals surface area contributed by atoms with Crippen molar-refractivity contribution in [1.29, 1.82) is 0 Å². The van der Waals surface area contributed by atoms with Gasteiger partial charge in [-0.3, -0.25) is 0 Å². The average Bonchev–Trinajstić information content (AvgIpc) is 2.15. The summed E-state index contributed by atoms with van der Waals surface area (Å²) < 4.78 is 5.15. The van der Waals surface area contributed by atoms with Crippen LogP contribution in [0.2, 0.25) is 0 Å². The SMILES string of the molecule is CC(C)O.CC1CCCO1. The second-order valence-corrected chi connectivity index (χ2v) is 2.92. The highest BCUT2D eigenvalue weighted by molar-refractivity contribution is 4.56. The first kappa shape index (κ1) is 9.92. The van der Waals surface area contributed by atoms with Gasteiger partial charge in [0.1, 0.15) is 0 Å². The Bertz CT molecular complexity index is 62.9. The van der Waals surface area contributed by atoms with Crippen LogP contribution in [-0.4, -0.2) is 23.9 Å². The Labute approximate surface area is 63.2 Å². The number of aliphatic hydroxyl groups is 1. The van der Waals surface area contributed by atoms with Crippen LogP contribution in [-0.2, 0) is 4.74 Å². The summed E-state index contributed by atoms with van der Waals surface area (Å²) in [6.45, 7) is 6.55. The molecular weight excluding hydrogens is 128 g/mol. The maximum absolute atomic E-state index is 8.06. The zero-order valence-electron chi connectivity index (χ0n) is 7.13. The molecule has 10 heavy (non-hydrogen) atoms. The van der Waals surface area contributed by atoms with Gasteiger partial charge < -0.3 is 9.84 Å². The van der Waals surface area contributed by atoms with Crippen molar-refractivity contribution in [3.05, 3.63) is 0 Å². The van der Waals surface area contributed by atoms with Gasteiger partial charge in [-0.2, -0.15) is 0 Å². The van der Waals surface area contributed by atoms with E-state index in [1.165, 1.54) is 12.8 Å². The standard InChI is InChI=1S/C5H10O.C3H8O/c1-5-3-2-4-6-5;1-3(2)4/h5H,2-4H2,1H3;3-4H,1-2H3. The zero-order valence-corrected chi connectivity index (χ0v) is 7.13. The van der Waals surface area contributed by atoms with Gasteiger partial charge in [0.15, 0.2) is 0 Å². The van der Waals surface area contributed by atoms with E-state index in [-0.39, 0.29) is 6.10 Å². The molecule has 62 valence electrons. The fraction of sp³-hybridized carbons (Fsp3) is 1.00. The first-order valence-corrected chi connectivity index (χ1v) is 3.92. The molecule has 2 nitrogen and oxygen atoms in total. The summed E-state index contributed by atoms with van der Waals surface area (Å²) >= 11 is 0. The van der Waals surface area contributed by atoms with Crippen molar-refractivity contribution in [3.63, 3.8) is 0 Å². The summed E-state index contributed by atoms with van der Waals surface area (Å²) in [6.07, 6.45) is 2.91. The van der Waals surface area contributed by atoms with Gasteiger partial charge in [-0.05, 0) is 33.6 Å². The highest BCUT2D eigenvalue weighted by Crippen LogP contribution is 2.09. The molecule has 1 fully saturated rings. The van der Waals surface area contributed by atoms with E-state index in [9.17, 15) is 0 Å². The molecule has 1 saturated heterocycles. The van der Waals surface area contributed by atoms with E-state index in [0.717, 1.165) is 6.61 Å². The zero-order chi connectivity index (χ0) is 7.98. The second kappa shape index (κ2) is 5.69. The van der Waals surface area contributed by atoms with E-state index in [1.807, 2.05) is 0 Å². The number of aliphatic hydroxyl groups excluding tert-OH is 1. The molecule has 1 aliphatic heterocycles. The number of ether oxygens (including phenoxy) is 1. The lowest BCUT2D eigenvalue weighted by atomic mass is 10.3. The number of hydrogen-bond donors (Lipinski definition) is 1. The third-order valence-electron chi connectivity index (χ3n) is 1.16. The highest BCUT2D eigenvalue weighted by Gasteiger charge is 2.07. The Balaban J connectivity index is 0.000000180. The first-order chi connectivity index (χ1) is 4.63. The highest BCUT2D eigenvalue weighted by atomic mass is 16.5. The Morgan fingerprint density at radius 1 is 1.50 bits per heavy atom. The molecule has 1 rings (SSSR count). The Morgan fingerprint density at radius 2 is 2.00 bits per heavy atom. The Hall–Kier alpha value is -0.0800. The van der Waals surface area contributed by atoms with E-state index in [4.69, 9.17) is 9.84 Å². The molecule has 0 aromatic carbocycles. The van der Waals surface area contributed by atoms with Crippen molar-refractivity contribution < 1.29 is 9.84 Å². The van der Waals surface area contributed by atoms with Crippen molar-refractivity contribution in [3.8, 4) is 0 Å². The van der Waals surface area contributed by atoms with Gasteiger partial charge in [-0.25, -0.2) is 0 Å². The van der Waals surface area contributed by atoms with Crippen LogP contribution in [0.5, 0.6) is 0 Å². The van der Waals surface area contributed by atoms with Gasteiger partial charge in [-0.1, -0.05) is 0 Å². The molecule has 0 saturated carbocycles. The topological polar surface area (TPSA) is 29.5 Å². The lowest BCUT2D eigenvalue weighted by Crippen LogP contribution is -1.94. The summed E-state index contributed by atoms with van der Waals surface area (Å²) in [4.78, 5) is 0. The minimum Gasteiger partial charge on any atom is -0.394 e. The first-order valence-electron chi connectivity index (χ1n) is 3.92. The Morgan fingerprint density at radius 3 is 2.10 bits per heavy atom. The molecule has 2 heteroatoms. The van der Waals surface area contributed by atoms with Crippen LogP contribution in [0.4, 0.5) is 0 Å². The molecule has 0 bridgehead atoms.